The number of fused-ring (bicyclic) bond motifs is 13. The Morgan fingerprint density at radius 2 is 1.97 bits per heavy atom. The Morgan fingerprint density at radius 3 is 2.67 bits per heavy atom. The molecule has 0 aliphatic carbocycles. The van der Waals surface area contributed by atoms with E-state index in [1.807, 2.05) is 7.05 Å². The van der Waals surface area contributed by atoms with E-state index in [2.05, 4.69) is 33.8 Å². The number of ether oxygens (including phenoxy) is 1. The predicted molar refractivity (Wildman–Crippen MR) is 129 cm³/mol. The van der Waals surface area contributed by atoms with Gasteiger partial charge in [-0.15, -0.1) is 0 Å². The summed E-state index contributed by atoms with van der Waals surface area (Å²) in [6.07, 6.45) is 5.20. The zero-order chi connectivity index (χ0) is 23.8. The lowest BCUT2D eigenvalue weighted by molar-refractivity contribution is 0.0959. The molecule has 4 rings (SSSR count). The van der Waals surface area contributed by atoms with E-state index in [4.69, 9.17) is 10.5 Å². The van der Waals surface area contributed by atoms with E-state index in [-0.39, 0.29) is 11.5 Å². The molecule has 2 aromatic rings. The summed E-state index contributed by atoms with van der Waals surface area (Å²) in [5.74, 6) is -0.162. The Kier molecular flexibility index (Phi) is 8.47. The second kappa shape index (κ2) is 11.5. The highest BCUT2D eigenvalue weighted by Crippen LogP contribution is 2.21. The lowest BCUT2D eigenvalue weighted by Crippen LogP contribution is -2.31. The predicted octanol–water partition coefficient (Wildman–Crippen LogP) is 2.00. The molecule has 1 aromatic heterocycles. The van der Waals surface area contributed by atoms with E-state index in [0.29, 0.717) is 53.9 Å². The molecule has 174 valence electrons. The van der Waals surface area contributed by atoms with Crippen LogP contribution in [0.25, 0.3) is 11.3 Å². The van der Waals surface area contributed by atoms with E-state index < -0.39 is 16.9 Å². The average Bonchev–Trinajstić information content (AvgIpc) is 2.83. The molecule has 4 bridgehead atoms. The van der Waals surface area contributed by atoms with Crippen LogP contribution in [0.4, 0.5) is 5.82 Å². The number of aromatic nitrogens is 2. The largest absolute Gasteiger partial charge is 0.491 e. The molecular weight excluding hydrogens is 440 g/mol. The number of hydrogen-bond donors (Lipinski definition) is 3. The number of nitrogens with one attached hydrogen (secondary N) is 2. The molecule has 3 heterocycles. The van der Waals surface area contributed by atoms with E-state index in [1.54, 1.807) is 28.6 Å². The van der Waals surface area contributed by atoms with Gasteiger partial charge in [-0.3, -0.25) is 4.79 Å². The molecule has 1 aromatic carbocycles. The molecular formula is C23H28N6O3S. The molecule has 1 amide bonds. The minimum atomic E-state index is -1.30. The van der Waals surface area contributed by atoms with E-state index >= 15 is 0 Å². The Bertz CT molecular complexity index is 1080. The number of nitrogens with zero attached hydrogens (tertiary/aromatic N) is 3. The summed E-state index contributed by atoms with van der Waals surface area (Å²) in [5, 5.41) is 6.04. The van der Waals surface area contributed by atoms with Gasteiger partial charge in [0.25, 0.3) is 5.91 Å². The monoisotopic (exact) mass is 468 g/mol. The van der Waals surface area contributed by atoms with Crippen molar-refractivity contribution >= 4 is 22.7 Å². The number of likely N-dealkylation sites (N-methyl/N-ethyl adjacent to an activating group) is 1. The Morgan fingerprint density at radius 1 is 1.21 bits per heavy atom. The van der Waals surface area contributed by atoms with Crippen LogP contribution in [0.5, 0.6) is 0 Å². The third kappa shape index (κ3) is 6.13. The fourth-order valence-corrected chi connectivity index (χ4v) is 4.08. The zero-order valence-electron chi connectivity index (χ0n) is 18.5. The Labute approximate surface area is 196 Å². The van der Waals surface area contributed by atoms with Crippen LogP contribution in [0.1, 0.15) is 16.9 Å². The number of anilines is 1. The fourth-order valence-electron chi connectivity index (χ4n) is 3.09. The van der Waals surface area contributed by atoms with Crippen LogP contribution < -0.4 is 16.4 Å². The number of nitrogen functional groups attached to an aromatic ring is 1. The number of carbonyl (C=O) groups is 1. The summed E-state index contributed by atoms with van der Waals surface area (Å²) in [4.78, 5) is 22.1. The number of carbonyl (C=O) groups excluding carboxylic acids is 1. The van der Waals surface area contributed by atoms with Gasteiger partial charge in [0, 0.05) is 25.7 Å². The molecule has 0 spiro atoms. The maximum Gasteiger partial charge on any atom is 0.278 e. The number of allylic oxidation sites excluding steroid dienone is 2. The van der Waals surface area contributed by atoms with Crippen LogP contribution in [0.2, 0.25) is 0 Å². The van der Waals surface area contributed by atoms with Crippen molar-refractivity contribution in [2.24, 2.45) is 0 Å². The second-order valence-electron chi connectivity index (χ2n) is 7.21. The van der Waals surface area contributed by atoms with Crippen LogP contribution in [0.15, 0.2) is 72.1 Å². The van der Waals surface area contributed by atoms with Gasteiger partial charge in [-0.1, -0.05) is 25.3 Å². The molecule has 2 aliphatic rings. The van der Waals surface area contributed by atoms with Gasteiger partial charge in [-0.2, -0.15) is 0 Å². The number of benzene rings is 1. The van der Waals surface area contributed by atoms with Gasteiger partial charge in [0.05, 0.1) is 29.1 Å². The molecule has 0 radical (unpaired) electrons. The van der Waals surface area contributed by atoms with Gasteiger partial charge in [0.2, 0.25) is 0 Å². The van der Waals surface area contributed by atoms with Crippen LogP contribution in [-0.2, 0) is 15.7 Å². The third-order valence-corrected chi connectivity index (χ3v) is 6.34. The maximum absolute atomic E-state index is 12.9. The molecule has 0 fully saturated rings. The lowest BCUT2D eigenvalue weighted by Gasteiger charge is -2.17. The molecule has 9 nitrogen and oxygen atoms in total. The second-order valence-corrected chi connectivity index (χ2v) is 8.80. The Hall–Kier alpha value is -3.34. The summed E-state index contributed by atoms with van der Waals surface area (Å²) in [6.45, 7) is 9.93. The van der Waals surface area contributed by atoms with Crippen molar-refractivity contribution in [3.05, 3.63) is 72.9 Å². The van der Waals surface area contributed by atoms with Gasteiger partial charge in [0.1, 0.15) is 16.7 Å². The first-order valence-electron chi connectivity index (χ1n) is 10.4. The molecule has 0 saturated carbocycles. The first-order chi connectivity index (χ1) is 15.9. The number of amides is 1. The molecule has 0 saturated heterocycles. The number of hydrogen-bond acceptors (Lipinski definition) is 7. The summed E-state index contributed by atoms with van der Waals surface area (Å²) in [5.41, 5.74) is 7.44. The van der Waals surface area contributed by atoms with Crippen LogP contribution in [0, 0.1) is 0 Å². The van der Waals surface area contributed by atoms with Crippen molar-refractivity contribution in [2.45, 2.75) is 11.3 Å². The smallest absolute Gasteiger partial charge is 0.278 e. The van der Waals surface area contributed by atoms with Crippen molar-refractivity contribution < 1.29 is 13.7 Å². The molecule has 1 atom stereocenters. The first kappa shape index (κ1) is 24.3. The van der Waals surface area contributed by atoms with Crippen molar-refractivity contribution in [1.82, 2.24) is 24.9 Å². The van der Waals surface area contributed by atoms with Gasteiger partial charge in [-0.05, 0) is 37.3 Å². The highest BCUT2D eigenvalue weighted by atomic mass is 32.2. The third-order valence-electron chi connectivity index (χ3n) is 4.91. The SMILES string of the molecule is C=C/C1=C(\C=C)OCCCNCCN(C)S(=O)c2ccc(cc2)-c2cnc(N)c(n2)C(=O)N1. The summed E-state index contributed by atoms with van der Waals surface area (Å²) < 4.78 is 20.3. The normalized spacial score (nSPS) is 21.0. The summed E-state index contributed by atoms with van der Waals surface area (Å²) >= 11 is 0. The maximum atomic E-state index is 12.9. The number of rotatable bonds is 2. The highest BCUT2D eigenvalue weighted by molar-refractivity contribution is 7.82. The molecule has 1 unspecified atom stereocenters. The van der Waals surface area contributed by atoms with E-state index in [9.17, 15) is 9.00 Å². The standard InChI is InChI=1S/C23H28N6O3S/c1-4-18-20(5-2)32-14-6-11-25-12-13-29(3)33(31)17-9-7-16(8-10-17)19-15-26-22(24)21(27-19)23(30)28-18/h4-5,7-10,15,25H,1-2,6,11-14H2,3H3,(H2,24,26)(H,28,30)/b20-18-. The minimum absolute atomic E-state index is 0.00621. The molecule has 33 heavy (non-hydrogen) atoms. The van der Waals surface area contributed by atoms with Crippen LogP contribution >= 0.6 is 0 Å². The summed E-state index contributed by atoms with van der Waals surface area (Å²) in [7, 11) is 0.516. The zero-order valence-corrected chi connectivity index (χ0v) is 19.4. The molecule has 10 heteroatoms. The van der Waals surface area contributed by atoms with Gasteiger partial charge in [-0.25, -0.2) is 18.5 Å². The molecule has 4 N–H and O–H groups in total. The molecule has 2 aliphatic heterocycles. The van der Waals surface area contributed by atoms with Crippen molar-refractivity contribution in [2.75, 3.05) is 39.0 Å². The van der Waals surface area contributed by atoms with Gasteiger partial charge >= 0.3 is 0 Å². The quantitative estimate of drug-likeness (QED) is 0.616. The lowest BCUT2D eigenvalue weighted by atomic mass is 10.1. The van der Waals surface area contributed by atoms with Crippen molar-refractivity contribution in [3.63, 3.8) is 0 Å². The highest BCUT2D eigenvalue weighted by Gasteiger charge is 2.18. The van der Waals surface area contributed by atoms with E-state index in [1.165, 1.54) is 18.3 Å². The van der Waals surface area contributed by atoms with E-state index in [0.717, 1.165) is 6.42 Å². The average molecular weight is 469 g/mol. The number of nitrogens with two attached hydrogens (primary N) is 1. The Balaban J connectivity index is 1.98. The van der Waals surface area contributed by atoms with Crippen molar-refractivity contribution in [1.29, 1.82) is 0 Å². The van der Waals surface area contributed by atoms with Crippen LogP contribution in [-0.4, -0.2) is 57.7 Å². The van der Waals surface area contributed by atoms with Crippen molar-refractivity contribution in [3.8, 4) is 11.3 Å². The first-order valence-corrected chi connectivity index (χ1v) is 11.5. The summed E-state index contributed by atoms with van der Waals surface area (Å²) in [6, 6.07) is 7.13. The fraction of sp³-hybridized carbons (Fsp3) is 0.261. The van der Waals surface area contributed by atoms with Gasteiger partial charge in [0.15, 0.2) is 11.5 Å². The van der Waals surface area contributed by atoms with Gasteiger partial charge < -0.3 is 21.1 Å². The van der Waals surface area contributed by atoms with Crippen LogP contribution in [0.3, 0.4) is 0 Å². The topological polar surface area (TPSA) is 122 Å². The minimum Gasteiger partial charge on any atom is -0.491 e.